The summed E-state index contributed by atoms with van der Waals surface area (Å²) in [5.41, 5.74) is 0.711. The van der Waals surface area contributed by atoms with E-state index in [1.54, 1.807) is 23.4 Å². The normalized spacial score (nSPS) is 13.7. The Morgan fingerprint density at radius 2 is 2.00 bits per heavy atom. The minimum atomic E-state index is -1.55. The van der Waals surface area contributed by atoms with Crippen molar-refractivity contribution >= 4 is 19.0 Å². The molecule has 10 heteroatoms. The molecular formula is C19H21BN2O7. The van der Waals surface area contributed by atoms with Gasteiger partial charge >= 0.3 is 13.1 Å². The number of carboxylic acids is 1. The number of benzene rings is 1. The number of hydrogen-bond acceptors (Lipinski definition) is 7. The van der Waals surface area contributed by atoms with Crippen LogP contribution in [0.3, 0.4) is 0 Å². The van der Waals surface area contributed by atoms with Crippen LogP contribution in [0.1, 0.15) is 21.5 Å². The first-order valence-electron chi connectivity index (χ1n) is 9.12. The molecule has 1 fully saturated rings. The van der Waals surface area contributed by atoms with Crippen molar-refractivity contribution < 1.29 is 34.6 Å². The summed E-state index contributed by atoms with van der Waals surface area (Å²) in [5, 5.41) is 37.6. The fraction of sp³-hybridized carbons (Fsp3) is 0.316. The number of pyridine rings is 1. The van der Waals surface area contributed by atoms with E-state index in [0.29, 0.717) is 13.1 Å². The highest BCUT2D eigenvalue weighted by molar-refractivity contribution is 6.41. The van der Waals surface area contributed by atoms with E-state index in [0.717, 1.165) is 5.56 Å². The third-order valence-corrected chi connectivity index (χ3v) is 4.68. The van der Waals surface area contributed by atoms with E-state index < -0.39 is 18.8 Å². The summed E-state index contributed by atoms with van der Waals surface area (Å²) in [6, 6.07) is 6.50. The molecule has 29 heavy (non-hydrogen) atoms. The van der Waals surface area contributed by atoms with Gasteiger partial charge in [0, 0.05) is 12.4 Å². The standard InChI is InChI=1S/C19H21BN2O7/c23-16(8-12-2-1-7-21-9-12)22-10-14(11-22)29-15-4-3-13(5-6-20(27)28)18(24)17(15)19(25)26/h1-4,7,9,14,24,27-28H,5-6,8,10-11H2,(H,25,26). The van der Waals surface area contributed by atoms with Crippen LogP contribution in [-0.2, 0) is 17.6 Å². The van der Waals surface area contributed by atoms with Crippen LogP contribution in [0.25, 0.3) is 0 Å². The highest BCUT2D eigenvalue weighted by Gasteiger charge is 2.33. The number of amides is 1. The lowest BCUT2D eigenvalue weighted by Crippen LogP contribution is -2.56. The number of aromatic carboxylic acids is 1. The van der Waals surface area contributed by atoms with Crippen LogP contribution in [0.5, 0.6) is 11.5 Å². The Labute approximate surface area is 167 Å². The fourth-order valence-electron chi connectivity index (χ4n) is 3.09. The first-order valence-corrected chi connectivity index (χ1v) is 9.12. The SMILES string of the molecule is O=C(O)c1c(OC2CN(C(=O)Cc3cccnc3)C2)ccc(CCB(O)O)c1O. The van der Waals surface area contributed by atoms with Crippen LogP contribution in [0.4, 0.5) is 0 Å². The van der Waals surface area contributed by atoms with Crippen LogP contribution < -0.4 is 4.74 Å². The van der Waals surface area contributed by atoms with Gasteiger partial charge in [0.15, 0.2) is 0 Å². The molecule has 1 aliphatic rings. The molecule has 9 nitrogen and oxygen atoms in total. The minimum absolute atomic E-state index is 0.00709. The number of carboxylic acid groups (broad SMARTS) is 1. The summed E-state index contributed by atoms with van der Waals surface area (Å²) < 4.78 is 5.69. The Balaban J connectivity index is 1.61. The number of phenols is 1. The van der Waals surface area contributed by atoms with Crippen molar-refractivity contribution in [3.8, 4) is 11.5 Å². The highest BCUT2D eigenvalue weighted by atomic mass is 16.5. The second kappa shape index (κ2) is 8.93. The Morgan fingerprint density at radius 3 is 2.62 bits per heavy atom. The van der Waals surface area contributed by atoms with Crippen molar-refractivity contribution in [3.05, 3.63) is 53.3 Å². The molecule has 0 radical (unpaired) electrons. The molecule has 0 unspecified atom stereocenters. The molecule has 1 aliphatic heterocycles. The summed E-state index contributed by atoms with van der Waals surface area (Å²) in [4.78, 5) is 29.4. The molecule has 2 aromatic rings. The predicted molar refractivity (Wildman–Crippen MR) is 103 cm³/mol. The van der Waals surface area contributed by atoms with Gasteiger partial charge < -0.3 is 29.9 Å². The first kappa shape index (κ1) is 20.6. The number of carbonyl (C=O) groups is 2. The second-order valence-corrected chi connectivity index (χ2v) is 6.85. The second-order valence-electron chi connectivity index (χ2n) is 6.85. The Hall–Kier alpha value is -3.11. The third kappa shape index (κ3) is 5.04. The van der Waals surface area contributed by atoms with E-state index in [1.165, 1.54) is 12.1 Å². The summed E-state index contributed by atoms with van der Waals surface area (Å²) >= 11 is 0. The van der Waals surface area contributed by atoms with E-state index in [1.807, 2.05) is 6.07 Å². The molecule has 0 spiro atoms. The average Bonchev–Trinajstić information content (AvgIpc) is 2.63. The maximum Gasteiger partial charge on any atom is 0.451 e. The van der Waals surface area contributed by atoms with Crippen LogP contribution >= 0.6 is 0 Å². The van der Waals surface area contributed by atoms with E-state index in [2.05, 4.69) is 4.98 Å². The van der Waals surface area contributed by atoms with Gasteiger partial charge in [0.05, 0.1) is 19.5 Å². The highest BCUT2D eigenvalue weighted by Crippen LogP contribution is 2.34. The van der Waals surface area contributed by atoms with E-state index >= 15 is 0 Å². The number of nitrogens with zero attached hydrogens (tertiary/aromatic N) is 2. The minimum Gasteiger partial charge on any atom is -0.507 e. The summed E-state index contributed by atoms with van der Waals surface area (Å²) in [5.74, 6) is -1.88. The Kier molecular flexibility index (Phi) is 6.35. The van der Waals surface area contributed by atoms with Gasteiger partial charge in [0.1, 0.15) is 23.2 Å². The molecule has 0 aliphatic carbocycles. The average molecular weight is 400 g/mol. The first-order chi connectivity index (χ1) is 13.8. The third-order valence-electron chi connectivity index (χ3n) is 4.68. The van der Waals surface area contributed by atoms with Gasteiger partial charge in [-0.3, -0.25) is 9.78 Å². The van der Waals surface area contributed by atoms with Crippen molar-refractivity contribution in [2.45, 2.75) is 25.3 Å². The summed E-state index contributed by atoms with van der Waals surface area (Å²) in [6.07, 6.45) is 3.18. The Bertz CT molecular complexity index is 886. The molecule has 152 valence electrons. The molecule has 1 aromatic heterocycles. The van der Waals surface area contributed by atoms with E-state index in [-0.39, 0.29) is 48.0 Å². The zero-order valence-electron chi connectivity index (χ0n) is 15.6. The van der Waals surface area contributed by atoms with Gasteiger partial charge in [0.2, 0.25) is 5.91 Å². The number of aryl methyl sites for hydroxylation is 1. The van der Waals surface area contributed by atoms with Crippen LogP contribution in [-0.4, -0.2) is 68.3 Å². The molecule has 3 rings (SSSR count). The number of carbonyl (C=O) groups excluding carboxylic acids is 1. The molecule has 0 saturated carbocycles. The number of likely N-dealkylation sites (tertiary alicyclic amines) is 1. The van der Waals surface area contributed by atoms with Crippen molar-refractivity contribution in [2.75, 3.05) is 13.1 Å². The lowest BCUT2D eigenvalue weighted by atomic mass is 9.82. The fourth-order valence-corrected chi connectivity index (χ4v) is 3.09. The molecule has 2 heterocycles. The lowest BCUT2D eigenvalue weighted by Gasteiger charge is -2.39. The van der Waals surface area contributed by atoms with Crippen molar-refractivity contribution in [1.82, 2.24) is 9.88 Å². The van der Waals surface area contributed by atoms with Crippen LogP contribution in [0, 0.1) is 0 Å². The number of aromatic nitrogens is 1. The van der Waals surface area contributed by atoms with E-state index in [9.17, 15) is 19.8 Å². The molecule has 0 atom stereocenters. The Morgan fingerprint density at radius 1 is 1.24 bits per heavy atom. The van der Waals surface area contributed by atoms with Gasteiger partial charge in [-0.15, -0.1) is 0 Å². The molecule has 1 amide bonds. The van der Waals surface area contributed by atoms with Crippen LogP contribution in [0.2, 0.25) is 6.32 Å². The predicted octanol–water partition coefficient (Wildman–Crippen LogP) is 0.333. The van der Waals surface area contributed by atoms with Crippen LogP contribution in [0.15, 0.2) is 36.7 Å². The smallest absolute Gasteiger partial charge is 0.451 e. The zero-order valence-corrected chi connectivity index (χ0v) is 15.6. The molecule has 0 bridgehead atoms. The van der Waals surface area contributed by atoms with Crippen molar-refractivity contribution in [3.63, 3.8) is 0 Å². The number of ether oxygens (including phenoxy) is 1. The monoisotopic (exact) mass is 400 g/mol. The topological polar surface area (TPSA) is 140 Å². The number of hydrogen-bond donors (Lipinski definition) is 4. The van der Waals surface area contributed by atoms with Crippen molar-refractivity contribution in [2.24, 2.45) is 0 Å². The van der Waals surface area contributed by atoms with Gasteiger partial charge in [0.25, 0.3) is 0 Å². The quantitative estimate of drug-likeness (QED) is 0.465. The zero-order chi connectivity index (χ0) is 21.0. The van der Waals surface area contributed by atoms with Gasteiger partial charge in [-0.1, -0.05) is 12.1 Å². The van der Waals surface area contributed by atoms with Gasteiger partial charge in [-0.05, 0) is 36.0 Å². The largest absolute Gasteiger partial charge is 0.507 e. The van der Waals surface area contributed by atoms with Gasteiger partial charge in [-0.25, -0.2) is 4.79 Å². The van der Waals surface area contributed by atoms with Gasteiger partial charge in [-0.2, -0.15) is 0 Å². The molecule has 1 aromatic carbocycles. The maximum absolute atomic E-state index is 12.3. The summed E-state index contributed by atoms with van der Waals surface area (Å²) in [7, 11) is -1.55. The molecular weight excluding hydrogens is 379 g/mol. The number of aromatic hydroxyl groups is 1. The number of rotatable bonds is 8. The van der Waals surface area contributed by atoms with Crippen molar-refractivity contribution in [1.29, 1.82) is 0 Å². The summed E-state index contributed by atoms with van der Waals surface area (Å²) in [6.45, 7) is 0.634. The maximum atomic E-state index is 12.3. The molecule has 1 saturated heterocycles. The molecule has 4 N–H and O–H groups in total. The van der Waals surface area contributed by atoms with E-state index in [4.69, 9.17) is 14.8 Å². The lowest BCUT2D eigenvalue weighted by molar-refractivity contribution is -0.139.